The van der Waals surface area contributed by atoms with E-state index in [-0.39, 0.29) is 12.1 Å². The lowest BCUT2D eigenvalue weighted by atomic mass is 10.0. The van der Waals surface area contributed by atoms with E-state index < -0.39 is 39.6 Å². The van der Waals surface area contributed by atoms with E-state index >= 15 is 0 Å². The summed E-state index contributed by atoms with van der Waals surface area (Å²) in [4.78, 5) is 2.24. The molecule has 2 heterocycles. The Hall–Kier alpha value is -2.60. The lowest BCUT2D eigenvalue weighted by Crippen LogP contribution is -2.46. The van der Waals surface area contributed by atoms with E-state index in [9.17, 15) is 22.0 Å². The lowest BCUT2D eigenvalue weighted by molar-refractivity contribution is -0.126. The average molecular weight is 584 g/mol. The second-order valence-corrected chi connectivity index (χ2v) is 13.0. The number of alkyl halides is 5. The van der Waals surface area contributed by atoms with Crippen LogP contribution >= 0.6 is 19.3 Å². The Kier molecular flexibility index (Phi) is 9.58. The second-order valence-electron chi connectivity index (χ2n) is 9.69. The Bertz CT molecular complexity index is 1350. The van der Waals surface area contributed by atoms with E-state index in [1.807, 2.05) is 18.0 Å². The van der Waals surface area contributed by atoms with Crippen molar-refractivity contribution in [3.05, 3.63) is 46.8 Å². The number of halogens is 5. The zero-order chi connectivity index (χ0) is 28.2. The summed E-state index contributed by atoms with van der Waals surface area (Å²) in [6.07, 6.45) is -6.01. The summed E-state index contributed by atoms with van der Waals surface area (Å²) in [5, 5.41) is 7.83. The Morgan fingerprint density at radius 3 is 2.67 bits per heavy atom. The summed E-state index contributed by atoms with van der Waals surface area (Å²) in [7, 11) is 1.47. The molecule has 3 aromatic rings. The minimum atomic E-state index is -4.41. The number of nitrogens with zero attached hydrogens (tertiary/aromatic N) is 1. The van der Waals surface area contributed by atoms with Crippen LogP contribution in [0, 0.1) is 11.8 Å². The highest BCUT2D eigenvalue weighted by Gasteiger charge is 2.32. The smallest absolute Gasteiger partial charge is 0.393 e. The zero-order valence-corrected chi connectivity index (χ0v) is 23.7. The van der Waals surface area contributed by atoms with Gasteiger partial charge in [0, 0.05) is 13.1 Å². The zero-order valence-electron chi connectivity index (χ0n) is 22.0. The van der Waals surface area contributed by atoms with Crippen LogP contribution in [0.25, 0.3) is 10.1 Å². The van der Waals surface area contributed by atoms with Crippen LogP contribution in [-0.4, -0.2) is 70.2 Å². The number of anilines is 2. The molecule has 1 aromatic heterocycles. The van der Waals surface area contributed by atoms with Crippen LogP contribution in [0.1, 0.15) is 16.9 Å². The van der Waals surface area contributed by atoms with Gasteiger partial charge in [0.05, 0.1) is 40.0 Å². The van der Waals surface area contributed by atoms with E-state index in [1.54, 1.807) is 30.3 Å². The maximum atomic E-state index is 14.7. The molecule has 0 saturated carbocycles. The quantitative estimate of drug-likeness (QED) is 0.178. The predicted octanol–water partition coefficient (Wildman–Crippen LogP) is 6.60. The van der Waals surface area contributed by atoms with Crippen molar-refractivity contribution in [3.8, 4) is 17.6 Å². The predicted molar refractivity (Wildman–Crippen MR) is 153 cm³/mol. The normalized spacial score (nSPS) is 18.2. The molecule has 0 amide bonds. The van der Waals surface area contributed by atoms with Gasteiger partial charge in [-0.1, -0.05) is 38.0 Å². The van der Waals surface area contributed by atoms with Crippen LogP contribution in [0.5, 0.6) is 5.75 Å². The Morgan fingerprint density at radius 2 is 1.97 bits per heavy atom. The fourth-order valence-corrected chi connectivity index (χ4v) is 6.48. The number of hydrogen-bond donors (Lipinski definition) is 2. The standard InChI is InChI=1S/C28H31F5N3OPS/c1-36-13-11-22(21(30)16-36)35-24-7-4-6-19-20(15-28(31,32)33)26(39-27(19)24)8-5-12-34-23-10-9-18(38(2)3)14-25(23)37-17-29/h4,6-7,9-10,14,21-22,34-35H,11-13,15-17H2,1-3H3. The summed E-state index contributed by atoms with van der Waals surface area (Å²) >= 11 is 1.18. The molecule has 2 atom stereocenters. The van der Waals surface area contributed by atoms with Gasteiger partial charge in [-0.25, -0.2) is 8.78 Å². The number of rotatable bonds is 8. The minimum absolute atomic E-state index is 0.115. The highest BCUT2D eigenvalue weighted by molar-refractivity contribution is 7.64. The van der Waals surface area contributed by atoms with Crippen molar-refractivity contribution in [1.82, 2.24) is 4.90 Å². The lowest BCUT2D eigenvalue weighted by Gasteiger charge is -2.33. The van der Waals surface area contributed by atoms with Crippen molar-refractivity contribution in [2.45, 2.75) is 31.2 Å². The van der Waals surface area contributed by atoms with Gasteiger partial charge in [0.15, 0.2) is 0 Å². The van der Waals surface area contributed by atoms with Crippen LogP contribution < -0.4 is 20.7 Å². The minimum Gasteiger partial charge on any atom is -0.461 e. The number of benzene rings is 2. The third-order valence-corrected chi connectivity index (χ3v) is 9.05. The van der Waals surface area contributed by atoms with Gasteiger partial charge < -0.3 is 20.3 Å². The molecule has 0 radical (unpaired) electrons. The molecule has 210 valence electrons. The molecule has 1 aliphatic heterocycles. The third kappa shape index (κ3) is 7.53. The Balaban J connectivity index is 1.60. The van der Waals surface area contributed by atoms with E-state index in [0.717, 1.165) is 11.8 Å². The molecule has 0 spiro atoms. The van der Waals surface area contributed by atoms with Gasteiger partial charge in [0.25, 0.3) is 0 Å². The van der Waals surface area contributed by atoms with Gasteiger partial charge in [0.2, 0.25) is 6.86 Å². The second kappa shape index (κ2) is 12.7. The van der Waals surface area contributed by atoms with Gasteiger partial charge in [-0.3, -0.25) is 0 Å². The highest BCUT2D eigenvalue weighted by Crippen LogP contribution is 2.39. The molecule has 11 heteroatoms. The number of fused-ring (bicyclic) bond motifs is 1. The third-order valence-electron chi connectivity index (χ3n) is 6.54. The summed E-state index contributed by atoms with van der Waals surface area (Å²) < 4.78 is 73.9. The van der Waals surface area contributed by atoms with Crippen molar-refractivity contribution >= 4 is 46.0 Å². The molecular weight excluding hydrogens is 552 g/mol. The molecule has 0 aliphatic carbocycles. The van der Waals surface area contributed by atoms with Crippen molar-refractivity contribution in [1.29, 1.82) is 0 Å². The first kappa shape index (κ1) is 29.4. The molecular formula is C28H31F5N3OPS. The van der Waals surface area contributed by atoms with E-state index in [0.29, 0.717) is 45.1 Å². The Labute approximate surface area is 230 Å². The van der Waals surface area contributed by atoms with Crippen LogP contribution in [0.2, 0.25) is 0 Å². The largest absolute Gasteiger partial charge is 0.461 e. The van der Waals surface area contributed by atoms with Gasteiger partial charge >= 0.3 is 6.18 Å². The van der Waals surface area contributed by atoms with Crippen molar-refractivity contribution < 1.29 is 26.7 Å². The van der Waals surface area contributed by atoms with E-state index in [1.165, 1.54) is 11.3 Å². The molecule has 1 fully saturated rings. The maximum absolute atomic E-state index is 14.7. The number of likely N-dealkylation sites (tertiary alicyclic amines) is 1. The van der Waals surface area contributed by atoms with Crippen molar-refractivity contribution in [3.63, 3.8) is 0 Å². The molecule has 4 nitrogen and oxygen atoms in total. The molecule has 1 aliphatic rings. The number of thiophene rings is 1. The van der Waals surface area contributed by atoms with Crippen LogP contribution in [-0.2, 0) is 6.42 Å². The first-order valence-electron chi connectivity index (χ1n) is 12.5. The summed E-state index contributed by atoms with van der Waals surface area (Å²) in [6.45, 7) is 4.35. The maximum Gasteiger partial charge on any atom is 0.393 e. The Morgan fingerprint density at radius 1 is 1.18 bits per heavy atom. The van der Waals surface area contributed by atoms with Crippen molar-refractivity contribution in [2.75, 3.05) is 57.5 Å². The molecule has 4 rings (SSSR count). The summed E-state index contributed by atoms with van der Waals surface area (Å²) in [5.41, 5.74) is 1.29. The highest BCUT2D eigenvalue weighted by atomic mass is 32.1. The van der Waals surface area contributed by atoms with Gasteiger partial charge in [0.1, 0.15) is 11.9 Å². The van der Waals surface area contributed by atoms with Gasteiger partial charge in [-0.2, -0.15) is 13.2 Å². The van der Waals surface area contributed by atoms with Crippen molar-refractivity contribution in [2.24, 2.45) is 0 Å². The fourth-order valence-electron chi connectivity index (χ4n) is 4.56. The average Bonchev–Trinajstić information content (AvgIpc) is 3.21. The number of ether oxygens (including phenoxy) is 1. The molecule has 2 N–H and O–H groups in total. The summed E-state index contributed by atoms with van der Waals surface area (Å²) in [5.74, 6) is 6.18. The SMILES string of the molecule is CN1CCC(Nc2cccc3c(CC(F)(F)F)c(C#CCNc4ccc(P(C)C)cc4OCF)sc23)C(F)C1. The molecule has 2 unspecified atom stereocenters. The van der Waals surface area contributed by atoms with Crippen LogP contribution in [0.15, 0.2) is 36.4 Å². The fraction of sp³-hybridized carbons (Fsp3) is 0.429. The van der Waals surface area contributed by atoms with E-state index in [2.05, 4.69) is 35.8 Å². The first-order chi connectivity index (χ1) is 18.6. The van der Waals surface area contributed by atoms with E-state index in [4.69, 9.17) is 4.74 Å². The van der Waals surface area contributed by atoms with Crippen LogP contribution in [0.3, 0.4) is 0 Å². The summed E-state index contributed by atoms with van der Waals surface area (Å²) in [6, 6.07) is 10.2. The number of hydrogen-bond acceptors (Lipinski definition) is 5. The molecule has 39 heavy (non-hydrogen) atoms. The number of piperidine rings is 1. The topological polar surface area (TPSA) is 36.5 Å². The molecule has 0 bridgehead atoms. The monoisotopic (exact) mass is 583 g/mol. The molecule has 1 saturated heterocycles. The molecule has 2 aromatic carbocycles. The van der Waals surface area contributed by atoms with Gasteiger partial charge in [-0.05, 0) is 61.3 Å². The first-order valence-corrected chi connectivity index (χ1v) is 15.5. The van der Waals surface area contributed by atoms with Crippen LogP contribution in [0.4, 0.5) is 33.3 Å². The van der Waals surface area contributed by atoms with Gasteiger partial charge in [-0.15, -0.1) is 11.3 Å². The number of nitrogens with one attached hydrogen (secondary N) is 2.